The lowest BCUT2D eigenvalue weighted by atomic mass is 10.1. The van der Waals surface area contributed by atoms with E-state index in [0.717, 1.165) is 13.0 Å². The molecule has 1 aliphatic rings. The normalized spacial score (nSPS) is 18.6. The summed E-state index contributed by atoms with van der Waals surface area (Å²) >= 11 is 0. The lowest BCUT2D eigenvalue weighted by Crippen LogP contribution is -2.50. The van der Waals surface area contributed by atoms with Gasteiger partial charge in [-0.05, 0) is 39.0 Å². The van der Waals surface area contributed by atoms with Crippen LogP contribution in [-0.4, -0.2) is 47.3 Å². The molecule has 10 heteroatoms. The Bertz CT molecular complexity index is 1440. The highest BCUT2D eigenvalue weighted by molar-refractivity contribution is 6.74. The van der Waals surface area contributed by atoms with Crippen molar-refractivity contribution in [1.29, 1.82) is 0 Å². The SMILES string of the molecule is CC(C)(C)[Si-](C)(C)O[C@H]1CNC[C@H](n2nc(-c3ccc(Oc4ccccc4)cc3F)c3c(N)ncnc32)C1. The summed E-state index contributed by atoms with van der Waals surface area (Å²) in [6.45, 7) is 12.7. The summed E-state index contributed by atoms with van der Waals surface area (Å²) in [5, 5.41) is 9.02. The summed E-state index contributed by atoms with van der Waals surface area (Å²) in [6.07, 6.45) is 2.24. The fraction of sp³-hybridized carbons (Fsp3) is 0.393. The summed E-state index contributed by atoms with van der Waals surface area (Å²) < 4.78 is 29.8. The molecule has 2 aromatic heterocycles. The number of hydrogen-bond acceptors (Lipinski definition) is 7. The minimum atomic E-state index is -1.95. The van der Waals surface area contributed by atoms with Crippen LogP contribution in [0.4, 0.5) is 10.2 Å². The van der Waals surface area contributed by atoms with Crippen molar-refractivity contribution in [2.75, 3.05) is 18.8 Å². The van der Waals surface area contributed by atoms with Gasteiger partial charge < -0.3 is 20.2 Å². The fourth-order valence-corrected chi connectivity index (χ4v) is 5.93. The molecular weight excluding hydrogens is 499 g/mol. The van der Waals surface area contributed by atoms with Crippen LogP contribution < -0.4 is 15.8 Å². The van der Waals surface area contributed by atoms with Crippen molar-refractivity contribution in [1.82, 2.24) is 25.1 Å². The highest BCUT2D eigenvalue weighted by Crippen LogP contribution is 2.39. The van der Waals surface area contributed by atoms with E-state index in [9.17, 15) is 0 Å². The van der Waals surface area contributed by atoms with E-state index in [-0.39, 0.29) is 23.0 Å². The fourth-order valence-electron chi connectivity index (χ4n) is 4.57. The van der Waals surface area contributed by atoms with E-state index in [2.05, 4.69) is 49.1 Å². The Morgan fingerprint density at radius 3 is 2.53 bits per heavy atom. The molecule has 38 heavy (non-hydrogen) atoms. The maximum absolute atomic E-state index is 15.5. The molecule has 3 N–H and O–H groups in total. The maximum atomic E-state index is 15.5. The van der Waals surface area contributed by atoms with Crippen molar-refractivity contribution in [3.05, 3.63) is 60.7 Å². The smallest absolute Gasteiger partial charge is 0.164 e. The zero-order valence-electron chi connectivity index (χ0n) is 22.5. The second-order valence-electron chi connectivity index (χ2n) is 11.4. The molecule has 0 saturated carbocycles. The van der Waals surface area contributed by atoms with Crippen LogP contribution in [-0.2, 0) is 4.43 Å². The molecule has 201 valence electrons. The van der Waals surface area contributed by atoms with Crippen molar-refractivity contribution in [3.8, 4) is 22.8 Å². The molecule has 1 fully saturated rings. The van der Waals surface area contributed by atoms with Crippen molar-refractivity contribution in [3.63, 3.8) is 0 Å². The number of piperidine rings is 1. The molecule has 8 nitrogen and oxygen atoms in total. The number of nitrogens with two attached hydrogens (primary N) is 1. The largest absolute Gasteiger partial charge is 0.561 e. The number of nitrogens with zero attached hydrogens (tertiary/aromatic N) is 4. The van der Waals surface area contributed by atoms with Gasteiger partial charge in [0.15, 0.2) is 5.65 Å². The Hall–Kier alpha value is -3.34. The summed E-state index contributed by atoms with van der Waals surface area (Å²) in [5.74, 6) is 0.825. The predicted molar refractivity (Wildman–Crippen MR) is 150 cm³/mol. The molecule has 1 aliphatic heterocycles. The van der Waals surface area contributed by atoms with Crippen LogP contribution in [0.1, 0.15) is 33.2 Å². The third-order valence-electron chi connectivity index (χ3n) is 7.59. The van der Waals surface area contributed by atoms with Gasteiger partial charge in [0.2, 0.25) is 0 Å². The summed E-state index contributed by atoms with van der Waals surface area (Å²) in [7, 11) is -1.95. The number of hydrogen-bond donors (Lipinski definition) is 2. The molecule has 5 rings (SSSR count). The van der Waals surface area contributed by atoms with E-state index in [1.54, 1.807) is 12.1 Å². The van der Waals surface area contributed by atoms with E-state index < -0.39 is 14.1 Å². The molecule has 0 unspecified atom stereocenters. The number of anilines is 1. The van der Waals surface area contributed by atoms with E-state index in [0.29, 0.717) is 40.3 Å². The zero-order chi connectivity index (χ0) is 27.1. The number of benzene rings is 2. The van der Waals surface area contributed by atoms with E-state index in [1.165, 1.54) is 12.4 Å². The van der Waals surface area contributed by atoms with Crippen molar-refractivity contribution >= 4 is 25.2 Å². The molecule has 0 bridgehead atoms. The second-order valence-corrected chi connectivity index (χ2v) is 16.1. The first-order valence-corrected chi connectivity index (χ1v) is 15.8. The molecule has 2 atom stereocenters. The number of ether oxygens (including phenoxy) is 1. The quantitative estimate of drug-likeness (QED) is 0.296. The minimum Gasteiger partial charge on any atom is -0.561 e. The molecule has 3 heterocycles. The summed E-state index contributed by atoms with van der Waals surface area (Å²) in [5.41, 5.74) is 7.60. The van der Waals surface area contributed by atoms with Gasteiger partial charge in [0.05, 0.1) is 11.4 Å². The van der Waals surface area contributed by atoms with Crippen LogP contribution in [0, 0.1) is 5.82 Å². The van der Waals surface area contributed by atoms with Gasteiger partial charge in [-0.2, -0.15) is 5.10 Å². The first kappa shape index (κ1) is 26.3. The second kappa shape index (κ2) is 10.1. The molecule has 4 aromatic rings. The molecular formula is C28H35FN6O2Si-. The predicted octanol–water partition coefficient (Wildman–Crippen LogP) is 5.93. The van der Waals surface area contributed by atoms with Crippen LogP contribution in [0.5, 0.6) is 11.5 Å². The number of aromatic nitrogens is 4. The average molecular weight is 535 g/mol. The Morgan fingerprint density at radius 2 is 1.82 bits per heavy atom. The number of para-hydroxylation sites is 1. The Kier molecular flexibility index (Phi) is 6.97. The number of halogens is 1. The first-order valence-electron chi connectivity index (χ1n) is 12.9. The average Bonchev–Trinajstić information content (AvgIpc) is 3.25. The van der Waals surface area contributed by atoms with Crippen LogP contribution >= 0.6 is 0 Å². The highest BCUT2D eigenvalue weighted by Gasteiger charge is 2.32. The Morgan fingerprint density at radius 1 is 1.05 bits per heavy atom. The molecule has 0 radical (unpaired) electrons. The van der Waals surface area contributed by atoms with Crippen LogP contribution in [0.25, 0.3) is 22.3 Å². The third-order valence-corrected chi connectivity index (χ3v) is 12.1. The van der Waals surface area contributed by atoms with Crippen LogP contribution in [0.15, 0.2) is 54.9 Å². The molecule has 2 aromatic carbocycles. The molecule has 1 saturated heterocycles. The molecule has 0 spiro atoms. The first-order chi connectivity index (χ1) is 18.0. The number of nitrogens with one attached hydrogen (secondary N) is 1. The van der Waals surface area contributed by atoms with E-state index >= 15 is 4.39 Å². The van der Waals surface area contributed by atoms with Gasteiger partial charge in [0, 0.05) is 30.8 Å². The van der Waals surface area contributed by atoms with Gasteiger partial charge in [-0.1, -0.05) is 39.0 Å². The molecule has 0 aliphatic carbocycles. The van der Waals surface area contributed by atoms with Gasteiger partial charge in [-0.25, -0.2) is 19.0 Å². The molecule has 0 amide bonds. The van der Waals surface area contributed by atoms with Gasteiger partial charge in [0.25, 0.3) is 0 Å². The maximum Gasteiger partial charge on any atom is 0.164 e. The zero-order valence-corrected chi connectivity index (χ0v) is 23.5. The third kappa shape index (κ3) is 5.16. The summed E-state index contributed by atoms with van der Waals surface area (Å²) in [6, 6.07) is 14.0. The topological polar surface area (TPSA) is 100 Å². The Labute approximate surface area is 223 Å². The van der Waals surface area contributed by atoms with Gasteiger partial charge in [0.1, 0.15) is 35.2 Å². The number of rotatable bonds is 6. The van der Waals surface area contributed by atoms with Crippen LogP contribution in [0.3, 0.4) is 0 Å². The standard InChI is InChI=1S/C28H35FN6O2Si/c1-28(2,3)38(4,5)37-21-13-18(15-31-16-21)35-27-24(26(30)32-17-33-27)25(34-35)22-12-11-20(14-23(22)29)36-19-9-7-6-8-10-19/h6-12,14,17-18,21,31H,13,15-16H2,1-5H3,(H2,30,32,33)/q-1/t18-,21-/m1/s1. The minimum absolute atomic E-state index is 0.0344. The number of fused-ring (bicyclic) bond motifs is 1. The lowest BCUT2D eigenvalue weighted by molar-refractivity contribution is 0.122. The van der Waals surface area contributed by atoms with Crippen molar-refractivity contribution in [2.45, 2.75) is 57.5 Å². The monoisotopic (exact) mass is 534 g/mol. The summed E-state index contributed by atoms with van der Waals surface area (Å²) in [4.78, 5) is 8.68. The van der Waals surface area contributed by atoms with E-state index in [1.807, 2.05) is 35.0 Å². The Balaban J connectivity index is 1.48. The van der Waals surface area contributed by atoms with Gasteiger partial charge in [-0.15, -0.1) is 18.1 Å². The van der Waals surface area contributed by atoms with Crippen LogP contribution in [0.2, 0.25) is 18.1 Å². The van der Waals surface area contributed by atoms with Gasteiger partial charge >= 0.3 is 0 Å². The number of nitrogen functional groups attached to an aromatic ring is 1. The lowest BCUT2D eigenvalue weighted by Gasteiger charge is -2.52. The van der Waals surface area contributed by atoms with Crippen molar-refractivity contribution in [2.24, 2.45) is 0 Å². The van der Waals surface area contributed by atoms with Gasteiger partial charge in [-0.3, -0.25) is 0 Å². The highest BCUT2D eigenvalue weighted by atomic mass is 28.4. The van der Waals surface area contributed by atoms with Crippen molar-refractivity contribution < 1.29 is 13.6 Å². The van der Waals surface area contributed by atoms with E-state index in [4.69, 9.17) is 20.0 Å².